The second kappa shape index (κ2) is 10.7. The Morgan fingerprint density at radius 3 is 2.00 bits per heavy atom. The van der Waals surface area contributed by atoms with Crippen molar-refractivity contribution in [3.05, 3.63) is 77.9 Å². The smallest absolute Gasteiger partial charge is 0.217 e. The fraction of sp³-hybridized carbons (Fsp3) is 0.400. The topological polar surface area (TPSA) is 75.6 Å². The van der Waals surface area contributed by atoms with Crippen molar-refractivity contribution >= 4 is 32.8 Å². The molecule has 2 rings (SSSR count). The van der Waals surface area contributed by atoms with Crippen LogP contribution in [0.4, 0.5) is 0 Å². The normalized spacial score (nSPS) is 15.6. The third-order valence-electron chi connectivity index (χ3n) is 4.67. The summed E-state index contributed by atoms with van der Waals surface area (Å²) in [5.41, 5.74) is 2.38. The van der Waals surface area contributed by atoms with Gasteiger partial charge in [0.1, 0.15) is 11.0 Å². The Morgan fingerprint density at radius 2 is 1.50 bits per heavy atom. The molecule has 2 atom stereocenters. The Labute approximate surface area is 195 Å². The fourth-order valence-corrected chi connectivity index (χ4v) is 4.17. The number of rotatable bonds is 8. The molecule has 0 bridgehead atoms. The van der Waals surface area contributed by atoms with E-state index in [4.69, 9.17) is 0 Å². The molecule has 0 radical (unpaired) electrons. The molecule has 174 valence electrons. The molecule has 2 aromatic rings. The van der Waals surface area contributed by atoms with E-state index in [1.54, 1.807) is 20.8 Å². The van der Waals surface area contributed by atoms with Crippen LogP contribution in [0.1, 0.15) is 59.1 Å². The van der Waals surface area contributed by atoms with Gasteiger partial charge in [-0.25, -0.2) is 17.3 Å². The first kappa shape index (κ1) is 26.2. The van der Waals surface area contributed by atoms with Gasteiger partial charge in [-0.3, -0.25) is 0 Å². The van der Waals surface area contributed by atoms with E-state index in [-0.39, 0.29) is 6.42 Å². The van der Waals surface area contributed by atoms with Crippen molar-refractivity contribution < 1.29 is 12.6 Å². The average molecular weight is 475 g/mol. The molecule has 0 spiro atoms. The molecule has 0 saturated heterocycles. The first-order valence-electron chi connectivity index (χ1n) is 10.6. The van der Waals surface area contributed by atoms with E-state index in [0.717, 1.165) is 11.1 Å². The van der Waals surface area contributed by atoms with E-state index < -0.39 is 36.5 Å². The van der Waals surface area contributed by atoms with Crippen molar-refractivity contribution in [1.82, 2.24) is 4.72 Å². The number of hydrogen-bond acceptors (Lipinski definition) is 3. The molecule has 0 aromatic heterocycles. The summed E-state index contributed by atoms with van der Waals surface area (Å²) in [7, 11) is -5.10. The van der Waals surface area contributed by atoms with Crippen molar-refractivity contribution in [2.45, 2.75) is 63.5 Å². The van der Waals surface area contributed by atoms with Gasteiger partial charge in [-0.2, -0.15) is 4.40 Å². The second-order valence-corrected chi connectivity index (χ2v) is 14.0. The van der Waals surface area contributed by atoms with Gasteiger partial charge < -0.3 is 0 Å². The first-order chi connectivity index (χ1) is 14.8. The average Bonchev–Trinajstić information content (AvgIpc) is 2.71. The molecule has 0 aliphatic carbocycles. The molecule has 2 aromatic carbocycles. The summed E-state index contributed by atoms with van der Waals surface area (Å²) in [4.78, 5) is 0. The molecule has 0 heterocycles. The second-order valence-electron chi connectivity index (χ2n) is 9.58. The van der Waals surface area contributed by atoms with Gasteiger partial charge in [0.15, 0.2) is 0 Å². The molecular weight excluding hydrogens is 440 g/mol. The minimum Gasteiger partial charge on any atom is -0.234 e. The Morgan fingerprint density at radius 1 is 0.969 bits per heavy atom. The molecule has 5 nitrogen and oxygen atoms in total. The maximum Gasteiger partial charge on any atom is 0.217 e. The Balaban J connectivity index is 2.48. The van der Waals surface area contributed by atoms with Crippen LogP contribution >= 0.6 is 0 Å². The highest BCUT2D eigenvalue weighted by Crippen LogP contribution is 2.19. The van der Waals surface area contributed by atoms with Gasteiger partial charge in [0.05, 0.1) is 15.2 Å². The molecule has 0 amide bonds. The minimum atomic E-state index is -3.62. The van der Waals surface area contributed by atoms with E-state index >= 15 is 0 Å². The number of benzene rings is 2. The highest BCUT2D eigenvalue weighted by Gasteiger charge is 2.31. The number of nitrogens with zero attached hydrogens (tertiary/aromatic N) is 1. The molecule has 0 aliphatic rings. The van der Waals surface area contributed by atoms with Gasteiger partial charge >= 0.3 is 0 Å². The predicted molar refractivity (Wildman–Crippen MR) is 137 cm³/mol. The van der Waals surface area contributed by atoms with Crippen LogP contribution in [0.15, 0.2) is 71.1 Å². The zero-order chi connectivity index (χ0) is 24.0. The lowest BCUT2D eigenvalue weighted by molar-refractivity contribution is 0.537. The summed E-state index contributed by atoms with van der Waals surface area (Å²) in [6.07, 6.45) is 3.99. The molecule has 32 heavy (non-hydrogen) atoms. The maximum atomic E-state index is 12.9. The number of nitrogens with one attached hydrogen (secondary N) is 1. The summed E-state index contributed by atoms with van der Waals surface area (Å²) in [6, 6.07) is 18.6. The summed E-state index contributed by atoms with van der Waals surface area (Å²) < 4.78 is 44.5. The highest BCUT2D eigenvalue weighted by molar-refractivity contribution is 7.90. The molecule has 1 N–H and O–H groups in total. The van der Waals surface area contributed by atoms with Crippen LogP contribution < -0.4 is 4.72 Å². The minimum absolute atomic E-state index is 0.268. The van der Waals surface area contributed by atoms with Gasteiger partial charge in [-0.1, -0.05) is 72.8 Å². The number of hydrogen-bond donors (Lipinski definition) is 1. The van der Waals surface area contributed by atoms with E-state index in [0.29, 0.717) is 5.71 Å². The van der Waals surface area contributed by atoms with Crippen molar-refractivity contribution in [3.8, 4) is 0 Å². The summed E-state index contributed by atoms with van der Waals surface area (Å²) >= 11 is 0. The maximum absolute atomic E-state index is 12.9. The van der Waals surface area contributed by atoms with Gasteiger partial charge in [0.2, 0.25) is 10.0 Å². The lowest BCUT2D eigenvalue weighted by Crippen LogP contribution is -2.44. The molecule has 0 saturated carbocycles. The lowest BCUT2D eigenvalue weighted by atomic mass is 10.0. The van der Waals surface area contributed by atoms with Crippen LogP contribution in [-0.4, -0.2) is 33.9 Å². The molecule has 0 fully saturated rings. The lowest BCUT2D eigenvalue weighted by Gasteiger charge is -2.24. The molecule has 0 aliphatic heterocycles. The van der Waals surface area contributed by atoms with Crippen LogP contribution in [0.3, 0.4) is 0 Å². The summed E-state index contributed by atoms with van der Waals surface area (Å²) in [5.74, 6) is 0. The van der Waals surface area contributed by atoms with Crippen LogP contribution in [0, 0.1) is 0 Å². The molecule has 7 heteroatoms. The van der Waals surface area contributed by atoms with E-state index in [1.807, 2.05) is 93.6 Å². The Kier molecular flexibility index (Phi) is 8.74. The molecule has 2 unspecified atom stereocenters. The van der Waals surface area contributed by atoms with Gasteiger partial charge in [-0.15, -0.1) is 0 Å². The van der Waals surface area contributed by atoms with Crippen LogP contribution in [0.25, 0.3) is 6.08 Å². The van der Waals surface area contributed by atoms with Crippen molar-refractivity contribution in [3.63, 3.8) is 0 Å². The van der Waals surface area contributed by atoms with Gasteiger partial charge in [0.25, 0.3) is 0 Å². The quantitative estimate of drug-likeness (QED) is 0.539. The third-order valence-corrected chi connectivity index (χ3v) is 8.33. The predicted octanol–water partition coefficient (Wildman–Crippen LogP) is 5.13. The van der Waals surface area contributed by atoms with E-state index in [2.05, 4.69) is 9.12 Å². The number of sulfonamides is 1. The Hall–Kier alpha value is -2.09. The zero-order valence-corrected chi connectivity index (χ0v) is 21.3. The zero-order valence-electron chi connectivity index (χ0n) is 19.7. The monoisotopic (exact) mass is 474 g/mol. The first-order valence-corrected chi connectivity index (χ1v) is 13.2. The SMILES string of the molecule is CC(C)(C)S(=O)/N=C(/CC(/C=C/c1ccccc1)NS(=O)(=O)C(C)(C)C)c1ccccc1. The van der Waals surface area contributed by atoms with Crippen LogP contribution in [-0.2, 0) is 21.0 Å². The van der Waals surface area contributed by atoms with Crippen LogP contribution in [0.2, 0.25) is 0 Å². The van der Waals surface area contributed by atoms with Crippen molar-refractivity contribution in [2.24, 2.45) is 4.40 Å². The third kappa shape index (κ3) is 7.80. The summed E-state index contributed by atoms with van der Waals surface area (Å²) in [5, 5.41) is 0. The van der Waals surface area contributed by atoms with Crippen LogP contribution in [0.5, 0.6) is 0 Å². The largest absolute Gasteiger partial charge is 0.234 e. The van der Waals surface area contributed by atoms with Crippen molar-refractivity contribution in [2.75, 3.05) is 0 Å². The molecular formula is C25H34N2O3S2. The van der Waals surface area contributed by atoms with Crippen molar-refractivity contribution in [1.29, 1.82) is 0 Å². The van der Waals surface area contributed by atoms with E-state index in [9.17, 15) is 12.6 Å². The van der Waals surface area contributed by atoms with Gasteiger partial charge in [-0.05, 0) is 52.7 Å². The van der Waals surface area contributed by atoms with E-state index in [1.165, 1.54) is 0 Å². The van der Waals surface area contributed by atoms with Gasteiger partial charge in [0, 0.05) is 12.5 Å². The standard InChI is InChI=1S/C25H34N2O3S2/c1-24(2,3)31(28)26-23(21-15-11-8-12-16-21)19-22(27-32(29,30)25(4,5)6)18-17-20-13-9-7-10-14-20/h7-18,22,27H,19H2,1-6H3/b18-17+,26-23-. The fourth-order valence-electron chi connectivity index (χ4n) is 2.60. The summed E-state index contributed by atoms with van der Waals surface area (Å²) in [6.45, 7) is 10.6. The Bertz CT molecular complexity index is 1060. The highest BCUT2D eigenvalue weighted by atomic mass is 32.2.